The second kappa shape index (κ2) is 4.94. The number of aromatic nitrogens is 2. The number of nitrogens with zero attached hydrogens (tertiary/aromatic N) is 2. The van der Waals surface area contributed by atoms with E-state index >= 15 is 0 Å². The molecular weight excluding hydrogens is 294 g/mol. The zero-order valence-corrected chi connectivity index (χ0v) is 12.1. The summed E-state index contributed by atoms with van der Waals surface area (Å²) in [6.07, 6.45) is 0. The van der Waals surface area contributed by atoms with E-state index in [0.29, 0.717) is 17.5 Å². The summed E-state index contributed by atoms with van der Waals surface area (Å²) in [5.74, 6) is 2.30. The molecule has 2 aromatic rings. The maximum absolute atomic E-state index is 5.82. The lowest BCUT2D eigenvalue weighted by atomic mass is 10.2. The molecule has 0 fully saturated rings. The molecule has 18 heavy (non-hydrogen) atoms. The normalized spacial score (nSPS) is 10.4. The predicted octanol–water partition coefficient (Wildman–Crippen LogP) is 3.54. The number of ether oxygens (including phenoxy) is 1. The van der Waals surface area contributed by atoms with Crippen LogP contribution in [0.5, 0.6) is 11.6 Å². The van der Waals surface area contributed by atoms with E-state index in [1.165, 1.54) is 0 Å². The molecule has 94 valence electrons. The van der Waals surface area contributed by atoms with Crippen LogP contribution < -0.4 is 10.5 Å². The first-order chi connectivity index (χ1) is 8.47. The van der Waals surface area contributed by atoms with Gasteiger partial charge in [0, 0.05) is 4.47 Å². The topological polar surface area (TPSA) is 61.0 Å². The maximum atomic E-state index is 5.82. The van der Waals surface area contributed by atoms with Gasteiger partial charge in [0.1, 0.15) is 17.4 Å². The van der Waals surface area contributed by atoms with E-state index in [1.807, 2.05) is 32.0 Å². The zero-order chi connectivity index (χ0) is 13.3. The molecule has 0 radical (unpaired) electrons. The number of hydrogen-bond donors (Lipinski definition) is 1. The maximum Gasteiger partial charge on any atom is 0.227 e. The molecule has 0 aliphatic carbocycles. The van der Waals surface area contributed by atoms with Gasteiger partial charge in [-0.3, -0.25) is 0 Å². The van der Waals surface area contributed by atoms with Crippen molar-refractivity contribution in [2.75, 3.05) is 5.73 Å². The Morgan fingerprint density at radius 3 is 2.61 bits per heavy atom. The molecule has 0 atom stereocenters. The Morgan fingerprint density at radius 1 is 1.17 bits per heavy atom. The summed E-state index contributed by atoms with van der Waals surface area (Å²) in [6.45, 7) is 5.61. The van der Waals surface area contributed by atoms with Gasteiger partial charge < -0.3 is 10.5 Å². The van der Waals surface area contributed by atoms with Gasteiger partial charge in [0.05, 0.1) is 5.56 Å². The largest absolute Gasteiger partial charge is 0.438 e. The summed E-state index contributed by atoms with van der Waals surface area (Å²) in [7, 11) is 0. The molecule has 5 heteroatoms. The molecule has 0 aliphatic rings. The Balaban J connectivity index is 2.43. The number of rotatable bonds is 2. The van der Waals surface area contributed by atoms with Crippen molar-refractivity contribution in [3.05, 3.63) is 39.6 Å². The second-order valence-corrected chi connectivity index (χ2v) is 5.01. The molecule has 2 N–H and O–H groups in total. The van der Waals surface area contributed by atoms with E-state index in [9.17, 15) is 0 Å². The molecular formula is C13H14BrN3O. The SMILES string of the molecule is Cc1nc(N)c(C)c(Oc2cc(Br)ccc2C)n1. The van der Waals surface area contributed by atoms with Crippen LogP contribution in [0.25, 0.3) is 0 Å². The van der Waals surface area contributed by atoms with Gasteiger partial charge in [-0.25, -0.2) is 4.98 Å². The zero-order valence-electron chi connectivity index (χ0n) is 10.5. The van der Waals surface area contributed by atoms with Crippen LogP contribution in [0.4, 0.5) is 5.82 Å². The molecule has 0 bridgehead atoms. The number of halogens is 1. The van der Waals surface area contributed by atoms with Crippen molar-refractivity contribution in [3.8, 4) is 11.6 Å². The van der Waals surface area contributed by atoms with Gasteiger partial charge in [-0.2, -0.15) is 4.98 Å². The van der Waals surface area contributed by atoms with Crippen LogP contribution in [0.15, 0.2) is 22.7 Å². The summed E-state index contributed by atoms with van der Waals surface area (Å²) < 4.78 is 6.78. The lowest BCUT2D eigenvalue weighted by molar-refractivity contribution is 0.452. The van der Waals surface area contributed by atoms with Gasteiger partial charge in [0.25, 0.3) is 0 Å². The van der Waals surface area contributed by atoms with Crippen LogP contribution in [0, 0.1) is 20.8 Å². The molecule has 0 saturated heterocycles. The quantitative estimate of drug-likeness (QED) is 0.922. The third kappa shape index (κ3) is 2.61. The first-order valence-electron chi connectivity index (χ1n) is 5.52. The fourth-order valence-electron chi connectivity index (χ4n) is 1.51. The van der Waals surface area contributed by atoms with Crippen molar-refractivity contribution in [2.24, 2.45) is 0 Å². The third-order valence-electron chi connectivity index (χ3n) is 2.61. The van der Waals surface area contributed by atoms with Crippen LogP contribution in [-0.2, 0) is 0 Å². The molecule has 1 aromatic carbocycles. The smallest absolute Gasteiger partial charge is 0.227 e. The van der Waals surface area contributed by atoms with E-state index in [2.05, 4.69) is 25.9 Å². The molecule has 4 nitrogen and oxygen atoms in total. The highest BCUT2D eigenvalue weighted by atomic mass is 79.9. The molecule has 0 aliphatic heterocycles. The monoisotopic (exact) mass is 307 g/mol. The van der Waals surface area contributed by atoms with Crippen molar-refractivity contribution in [3.63, 3.8) is 0 Å². The molecule has 2 rings (SSSR count). The molecule has 1 heterocycles. The second-order valence-electron chi connectivity index (χ2n) is 4.10. The van der Waals surface area contributed by atoms with Crippen LogP contribution in [0.3, 0.4) is 0 Å². The Bertz CT molecular complexity index is 599. The van der Waals surface area contributed by atoms with E-state index in [0.717, 1.165) is 21.3 Å². The summed E-state index contributed by atoms with van der Waals surface area (Å²) in [6, 6.07) is 5.85. The number of anilines is 1. The number of nitrogens with two attached hydrogens (primary N) is 1. The fraction of sp³-hybridized carbons (Fsp3) is 0.231. The van der Waals surface area contributed by atoms with Gasteiger partial charge in [-0.15, -0.1) is 0 Å². The lowest BCUT2D eigenvalue weighted by Gasteiger charge is -2.11. The van der Waals surface area contributed by atoms with Gasteiger partial charge in [0.2, 0.25) is 5.88 Å². The van der Waals surface area contributed by atoms with Gasteiger partial charge in [0.15, 0.2) is 0 Å². The standard InChI is InChI=1S/C13H14BrN3O/c1-7-4-5-10(14)6-11(7)18-13-8(2)12(15)16-9(3)17-13/h4-6H,1-3H3,(H2,15,16,17). The summed E-state index contributed by atoms with van der Waals surface area (Å²) in [5.41, 5.74) is 7.59. The third-order valence-corrected chi connectivity index (χ3v) is 3.10. The van der Waals surface area contributed by atoms with Crippen molar-refractivity contribution in [2.45, 2.75) is 20.8 Å². The van der Waals surface area contributed by atoms with Crippen molar-refractivity contribution >= 4 is 21.7 Å². The minimum absolute atomic E-state index is 0.449. The highest BCUT2D eigenvalue weighted by molar-refractivity contribution is 9.10. The van der Waals surface area contributed by atoms with Crippen molar-refractivity contribution < 1.29 is 4.74 Å². The minimum Gasteiger partial charge on any atom is -0.438 e. The molecule has 0 amide bonds. The number of benzene rings is 1. The van der Waals surface area contributed by atoms with Gasteiger partial charge >= 0.3 is 0 Å². The Kier molecular flexibility index (Phi) is 3.52. The summed E-state index contributed by atoms with van der Waals surface area (Å²) in [5, 5.41) is 0. The van der Waals surface area contributed by atoms with Crippen molar-refractivity contribution in [1.29, 1.82) is 0 Å². The summed E-state index contributed by atoms with van der Waals surface area (Å²) >= 11 is 3.42. The van der Waals surface area contributed by atoms with E-state index in [-0.39, 0.29) is 0 Å². The van der Waals surface area contributed by atoms with Crippen LogP contribution in [0.1, 0.15) is 17.0 Å². The molecule has 0 unspecified atom stereocenters. The highest BCUT2D eigenvalue weighted by Crippen LogP contribution is 2.30. The average molecular weight is 308 g/mol. The van der Waals surface area contributed by atoms with E-state index in [1.54, 1.807) is 6.92 Å². The van der Waals surface area contributed by atoms with Gasteiger partial charge in [-0.05, 0) is 38.5 Å². The average Bonchev–Trinajstić information content (AvgIpc) is 2.30. The molecule has 0 spiro atoms. The first-order valence-corrected chi connectivity index (χ1v) is 6.31. The number of nitrogen functional groups attached to an aromatic ring is 1. The van der Waals surface area contributed by atoms with Crippen LogP contribution in [-0.4, -0.2) is 9.97 Å². The highest BCUT2D eigenvalue weighted by Gasteiger charge is 2.10. The Morgan fingerprint density at radius 2 is 1.89 bits per heavy atom. The number of hydrogen-bond acceptors (Lipinski definition) is 4. The molecule has 0 saturated carbocycles. The van der Waals surface area contributed by atoms with Gasteiger partial charge in [-0.1, -0.05) is 22.0 Å². The fourth-order valence-corrected chi connectivity index (χ4v) is 1.85. The Hall–Kier alpha value is -1.62. The first kappa shape index (κ1) is 12.8. The van der Waals surface area contributed by atoms with Crippen LogP contribution in [0.2, 0.25) is 0 Å². The molecule has 1 aromatic heterocycles. The lowest BCUT2D eigenvalue weighted by Crippen LogP contribution is -2.02. The van der Waals surface area contributed by atoms with Crippen molar-refractivity contribution in [1.82, 2.24) is 9.97 Å². The van der Waals surface area contributed by atoms with E-state index in [4.69, 9.17) is 10.5 Å². The van der Waals surface area contributed by atoms with Crippen LogP contribution >= 0.6 is 15.9 Å². The predicted molar refractivity (Wildman–Crippen MR) is 74.9 cm³/mol. The Labute approximate surface area is 114 Å². The van der Waals surface area contributed by atoms with E-state index < -0.39 is 0 Å². The minimum atomic E-state index is 0.449. The number of aryl methyl sites for hydroxylation is 2. The summed E-state index contributed by atoms with van der Waals surface area (Å²) in [4.78, 5) is 8.36.